The molecule has 27 heavy (non-hydrogen) atoms. The highest BCUT2D eigenvalue weighted by Crippen LogP contribution is 2.13. The summed E-state index contributed by atoms with van der Waals surface area (Å²) < 4.78 is 33.9. The summed E-state index contributed by atoms with van der Waals surface area (Å²) in [6.07, 6.45) is -1.52. The fourth-order valence-corrected chi connectivity index (χ4v) is 3.08. The number of benzene rings is 2. The number of aryl methyl sites for hydroxylation is 1. The van der Waals surface area contributed by atoms with Crippen LogP contribution >= 0.6 is 0 Å². The predicted octanol–water partition coefficient (Wildman–Crippen LogP) is 2.38. The van der Waals surface area contributed by atoms with E-state index in [-0.39, 0.29) is 24.5 Å². The SMILES string of the molecule is Cc1ccc(S(=O)(=O)OCC(O)CCNC(=O)OCc2ccccc2)cc1. The number of amides is 1. The third-order valence-electron chi connectivity index (χ3n) is 3.68. The summed E-state index contributed by atoms with van der Waals surface area (Å²) in [6.45, 7) is 1.73. The molecule has 0 saturated heterocycles. The Balaban J connectivity index is 1.66. The van der Waals surface area contributed by atoms with Crippen molar-refractivity contribution in [3.05, 3.63) is 65.7 Å². The maximum absolute atomic E-state index is 12.0. The summed E-state index contributed by atoms with van der Waals surface area (Å²) in [4.78, 5) is 11.6. The van der Waals surface area contributed by atoms with Crippen molar-refractivity contribution in [2.45, 2.75) is 31.0 Å². The Morgan fingerprint density at radius 2 is 1.78 bits per heavy atom. The first kappa shape index (κ1) is 20.9. The number of carbonyl (C=O) groups is 1. The van der Waals surface area contributed by atoms with Crippen LogP contribution in [0.2, 0.25) is 0 Å². The zero-order valence-electron chi connectivity index (χ0n) is 15.0. The maximum Gasteiger partial charge on any atom is 0.407 e. The van der Waals surface area contributed by atoms with E-state index < -0.39 is 28.9 Å². The van der Waals surface area contributed by atoms with Gasteiger partial charge in [-0.25, -0.2) is 4.79 Å². The van der Waals surface area contributed by atoms with Crippen LogP contribution in [0.5, 0.6) is 0 Å². The number of aliphatic hydroxyl groups excluding tert-OH is 1. The number of alkyl carbamates (subject to hydrolysis) is 1. The molecule has 0 aliphatic carbocycles. The molecule has 146 valence electrons. The largest absolute Gasteiger partial charge is 0.445 e. The average molecular weight is 393 g/mol. The van der Waals surface area contributed by atoms with Gasteiger partial charge in [0.25, 0.3) is 10.1 Å². The Bertz CT molecular complexity index is 821. The molecule has 0 radical (unpaired) electrons. The van der Waals surface area contributed by atoms with E-state index in [9.17, 15) is 18.3 Å². The highest BCUT2D eigenvalue weighted by atomic mass is 32.2. The highest BCUT2D eigenvalue weighted by Gasteiger charge is 2.17. The molecule has 0 bridgehead atoms. The lowest BCUT2D eigenvalue weighted by Crippen LogP contribution is -2.29. The monoisotopic (exact) mass is 393 g/mol. The molecule has 8 heteroatoms. The summed E-state index contributed by atoms with van der Waals surface area (Å²) in [5.41, 5.74) is 1.79. The van der Waals surface area contributed by atoms with E-state index in [1.54, 1.807) is 12.1 Å². The fraction of sp³-hybridized carbons (Fsp3) is 0.316. The lowest BCUT2D eigenvalue weighted by atomic mass is 10.2. The van der Waals surface area contributed by atoms with Crippen molar-refractivity contribution in [2.75, 3.05) is 13.2 Å². The number of hydrogen-bond donors (Lipinski definition) is 2. The normalized spacial score (nSPS) is 12.4. The first-order valence-corrected chi connectivity index (χ1v) is 9.86. The molecule has 0 aliphatic rings. The Hall–Kier alpha value is -2.42. The van der Waals surface area contributed by atoms with Gasteiger partial charge in [0.05, 0.1) is 17.6 Å². The van der Waals surface area contributed by atoms with Crippen LogP contribution in [-0.2, 0) is 25.6 Å². The van der Waals surface area contributed by atoms with Gasteiger partial charge in [-0.05, 0) is 31.0 Å². The quantitative estimate of drug-likeness (QED) is 0.634. The van der Waals surface area contributed by atoms with E-state index in [0.29, 0.717) is 0 Å². The molecule has 2 aromatic carbocycles. The second-order valence-electron chi connectivity index (χ2n) is 5.98. The zero-order valence-corrected chi connectivity index (χ0v) is 15.8. The van der Waals surface area contributed by atoms with E-state index in [1.807, 2.05) is 37.3 Å². The molecular formula is C19H23NO6S. The van der Waals surface area contributed by atoms with Crippen LogP contribution in [-0.4, -0.2) is 38.9 Å². The van der Waals surface area contributed by atoms with Gasteiger partial charge in [0, 0.05) is 6.54 Å². The van der Waals surface area contributed by atoms with Gasteiger partial charge in [0.15, 0.2) is 0 Å². The van der Waals surface area contributed by atoms with Gasteiger partial charge in [0.2, 0.25) is 0 Å². The molecule has 0 fully saturated rings. The second kappa shape index (κ2) is 10.1. The average Bonchev–Trinajstić information content (AvgIpc) is 2.66. The number of aliphatic hydroxyl groups is 1. The lowest BCUT2D eigenvalue weighted by molar-refractivity contribution is 0.0999. The van der Waals surface area contributed by atoms with E-state index in [0.717, 1.165) is 11.1 Å². The molecule has 0 aliphatic heterocycles. The van der Waals surface area contributed by atoms with Gasteiger partial charge < -0.3 is 15.2 Å². The van der Waals surface area contributed by atoms with Gasteiger partial charge in [-0.3, -0.25) is 4.18 Å². The van der Waals surface area contributed by atoms with Crippen molar-refractivity contribution < 1.29 is 27.2 Å². The van der Waals surface area contributed by atoms with E-state index in [2.05, 4.69) is 5.32 Å². The number of carbonyl (C=O) groups excluding carboxylic acids is 1. The highest BCUT2D eigenvalue weighted by molar-refractivity contribution is 7.86. The van der Waals surface area contributed by atoms with Gasteiger partial charge in [-0.1, -0.05) is 48.0 Å². The van der Waals surface area contributed by atoms with Crippen LogP contribution in [0.1, 0.15) is 17.5 Å². The van der Waals surface area contributed by atoms with Crippen LogP contribution < -0.4 is 5.32 Å². The summed E-state index contributed by atoms with van der Waals surface area (Å²) in [7, 11) is -3.92. The van der Waals surface area contributed by atoms with Gasteiger partial charge in [0.1, 0.15) is 6.61 Å². The van der Waals surface area contributed by atoms with Crippen molar-refractivity contribution >= 4 is 16.2 Å². The number of ether oxygens (including phenoxy) is 1. The molecule has 1 unspecified atom stereocenters. The van der Waals surface area contributed by atoms with Crippen molar-refractivity contribution in [1.82, 2.24) is 5.32 Å². The minimum absolute atomic E-state index is 0.0305. The predicted molar refractivity (Wildman–Crippen MR) is 99.6 cm³/mol. The van der Waals surface area contributed by atoms with Crippen molar-refractivity contribution in [2.24, 2.45) is 0 Å². The van der Waals surface area contributed by atoms with Crippen molar-refractivity contribution in [3.8, 4) is 0 Å². The zero-order chi connectivity index (χ0) is 19.7. The summed E-state index contributed by atoms with van der Waals surface area (Å²) in [5.74, 6) is 0. The third-order valence-corrected chi connectivity index (χ3v) is 4.98. The third kappa shape index (κ3) is 7.38. The van der Waals surface area contributed by atoms with Crippen LogP contribution in [0, 0.1) is 6.92 Å². The van der Waals surface area contributed by atoms with Crippen LogP contribution in [0.15, 0.2) is 59.5 Å². The number of rotatable bonds is 9. The molecule has 2 rings (SSSR count). The van der Waals surface area contributed by atoms with Gasteiger partial charge >= 0.3 is 6.09 Å². The minimum Gasteiger partial charge on any atom is -0.445 e. The van der Waals surface area contributed by atoms with Crippen molar-refractivity contribution in [3.63, 3.8) is 0 Å². The molecule has 0 aromatic heterocycles. The summed E-state index contributed by atoms with van der Waals surface area (Å²) >= 11 is 0. The van der Waals surface area contributed by atoms with Crippen LogP contribution in [0.3, 0.4) is 0 Å². The van der Waals surface area contributed by atoms with Gasteiger partial charge in [-0.2, -0.15) is 8.42 Å². The number of nitrogens with one attached hydrogen (secondary N) is 1. The van der Waals surface area contributed by atoms with Crippen LogP contribution in [0.25, 0.3) is 0 Å². The Labute approximate surface area is 159 Å². The van der Waals surface area contributed by atoms with Crippen molar-refractivity contribution in [1.29, 1.82) is 0 Å². The van der Waals surface area contributed by atoms with E-state index in [4.69, 9.17) is 8.92 Å². The molecule has 0 heterocycles. The summed E-state index contributed by atoms with van der Waals surface area (Å²) in [5, 5.41) is 12.3. The first-order valence-electron chi connectivity index (χ1n) is 8.45. The topological polar surface area (TPSA) is 102 Å². The Kier molecular flexibility index (Phi) is 7.78. The van der Waals surface area contributed by atoms with E-state index in [1.165, 1.54) is 12.1 Å². The Morgan fingerprint density at radius 1 is 1.11 bits per heavy atom. The molecule has 2 N–H and O–H groups in total. The smallest absolute Gasteiger partial charge is 0.407 e. The number of hydrogen-bond acceptors (Lipinski definition) is 6. The molecule has 1 atom stereocenters. The molecule has 7 nitrogen and oxygen atoms in total. The molecule has 0 saturated carbocycles. The van der Waals surface area contributed by atoms with Crippen LogP contribution in [0.4, 0.5) is 4.79 Å². The molecule has 1 amide bonds. The minimum atomic E-state index is -3.92. The molecule has 0 spiro atoms. The molecular weight excluding hydrogens is 370 g/mol. The maximum atomic E-state index is 12.0. The van der Waals surface area contributed by atoms with Gasteiger partial charge in [-0.15, -0.1) is 0 Å². The van der Waals surface area contributed by atoms with E-state index >= 15 is 0 Å². The first-order chi connectivity index (χ1) is 12.9. The molecule has 2 aromatic rings. The standard InChI is InChI=1S/C19H23NO6S/c1-15-7-9-18(10-8-15)27(23,24)26-14-17(21)11-12-20-19(22)25-13-16-5-3-2-4-6-16/h2-10,17,21H,11-14H2,1H3,(H,20,22). The fourth-order valence-electron chi connectivity index (χ4n) is 2.14. The Morgan fingerprint density at radius 3 is 2.44 bits per heavy atom. The lowest BCUT2D eigenvalue weighted by Gasteiger charge is -2.12. The second-order valence-corrected chi connectivity index (χ2v) is 7.60. The summed E-state index contributed by atoms with van der Waals surface area (Å²) in [6, 6.07) is 15.4.